The second-order valence-electron chi connectivity index (χ2n) is 32.3. The molecule has 40 nitrogen and oxygen atoms in total. The lowest BCUT2D eigenvalue weighted by molar-refractivity contribution is -0.140. The van der Waals surface area contributed by atoms with Crippen molar-refractivity contribution < 1.29 is 114 Å². The van der Waals surface area contributed by atoms with Crippen LogP contribution in [0.1, 0.15) is 91.3 Å². The van der Waals surface area contributed by atoms with Gasteiger partial charge in [-0.05, 0) is 108 Å². The van der Waals surface area contributed by atoms with Crippen LogP contribution in [0.15, 0.2) is 60.9 Å². The number of benzene rings is 2. The van der Waals surface area contributed by atoms with Crippen molar-refractivity contribution >= 4 is 98.8 Å². The maximum Gasteiger partial charge on any atom is 0.317 e. The van der Waals surface area contributed by atoms with Gasteiger partial charge in [-0.2, -0.15) is 10.5 Å². The van der Waals surface area contributed by atoms with Crippen LogP contribution in [0.4, 0.5) is 17.6 Å². The van der Waals surface area contributed by atoms with Gasteiger partial charge in [0, 0.05) is 159 Å². The number of hydrogen-bond donors (Lipinski definition) is 9. The van der Waals surface area contributed by atoms with Crippen LogP contribution in [-0.4, -0.2) is 411 Å². The molecule has 2 aromatic heterocycles. The molecular weight excluding hydrogens is 1690 g/mol. The number of fused-ring (bicyclic) bond motifs is 2. The van der Waals surface area contributed by atoms with Gasteiger partial charge in [0.05, 0.1) is 139 Å². The number of ether oxygens (including phenoxy) is 4. The number of unbranched alkanes of at least 4 members (excludes halogenated alkanes) is 2. The summed E-state index contributed by atoms with van der Waals surface area (Å²) in [4.78, 5) is 193. The van der Waals surface area contributed by atoms with E-state index in [1.165, 1.54) is 24.5 Å². The van der Waals surface area contributed by atoms with E-state index in [0.717, 1.165) is 9.80 Å². The zero-order valence-electron chi connectivity index (χ0n) is 71.9. The lowest BCUT2D eigenvalue weighted by Crippen LogP contribution is -2.50. The van der Waals surface area contributed by atoms with Gasteiger partial charge in [-0.25, -0.2) is 17.6 Å². The van der Waals surface area contributed by atoms with E-state index in [0.29, 0.717) is 105 Å². The van der Waals surface area contributed by atoms with E-state index in [1.807, 2.05) is 9.80 Å². The predicted octanol–water partition coefficient (Wildman–Crippen LogP) is -0.642. The smallest absolute Gasteiger partial charge is 0.317 e. The summed E-state index contributed by atoms with van der Waals surface area (Å²) in [6, 6.07) is 12.0. The van der Waals surface area contributed by atoms with Crippen LogP contribution in [-0.2, 0) is 62.2 Å². The number of halogens is 4. The van der Waals surface area contributed by atoms with Crippen LogP contribution < -0.4 is 41.4 Å². The summed E-state index contributed by atoms with van der Waals surface area (Å²) in [7, 11) is 3.55. The Balaban J connectivity index is 0.699. The van der Waals surface area contributed by atoms with E-state index in [9.17, 15) is 106 Å². The molecule has 9 rings (SSSR count). The zero-order valence-corrected chi connectivity index (χ0v) is 71.9. The Hall–Kier alpha value is -11.7. The Morgan fingerprint density at radius 2 is 0.914 bits per heavy atom. The third-order valence-corrected chi connectivity index (χ3v) is 22.6. The quantitative estimate of drug-likeness (QED) is 0.0196. The predicted molar refractivity (Wildman–Crippen MR) is 449 cm³/mol. The molecule has 5 aliphatic heterocycles. The van der Waals surface area contributed by atoms with Crippen molar-refractivity contribution in [3.05, 3.63) is 72.1 Å². The third-order valence-electron chi connectivity index (χ3n) is 22.6. The SMILES string of the molecule is CN(CC(=O)NCCCCOc1ccc2nccc(C(=O)NCC(=O)N3CC(F)(F)C[C@@H]3C#N)c2c1)[C@@H]1CCN(C(=O)CC[C@H](NC(=O)CCOCCOCCNC(=O)CN2CCN(CC(=O)O)CCN(CC(=O)O)CCN(CC(=O)O)CC2)C(=O)N2CC[C@@H](N(C)CC(=O)NCCCCOc3ccc4nccc(C(=O)NCC(=O)N5CC(F)(F)C[C@H]5C#N)c4c3)C2)C1. The van der Waals surface area contributed by atoms with Crippen molar-refractivity contribution in [2.45, 2.75) is 113 Å². The number of likely N-dealkylation sites (tertiary alicyclic amines) is 4. The Labute approximate surface area is 737 Å². The normalized spacial score (nSPS) is 19.0. The van der Waals surface area contributed by atoms with E-state index in [1.54, 1.807) is 92.0 Å². The topological polar surface area (TPSA) is 497 Å². The second-order valence-corrected chi connectivity index (χ2v) is 32.3. The van der Waals surface area contributed by atoms with E-state index >= 15 is 0 Å². The number of alkyl halides is 4. The average molecular weight is 1800 g/mol. The summed E-state index contributed by atoms with van der Waals surface area (Å²) >= 11 is 0. The van der Waals surface area contributed by atoms with Gasteiger partial charge in [0.2, 0.25) is 47.3 Å². The van der Waals surface area contributed by atoms with Crippen LogP contribution in [0.5, 0.6) is 11.5 Å². The van der Waals surface area contributed by atoms with Gasteiger partial charge in [0.1, 0.15) is 29.6 Å². The molecule has 2 aromatic carbocycles. The number of amides is 10. The number of carbonyl (C=O) groups is 13. The number of nitriles is 2. The van der Waals surface area contributed by atoms with Gasteiger partial charge in [-0.1, -0.05) is 0 Å². The Kier molecular flexibility index (Phi) is 38.8. The number of aliphatic carboxylic acids is 3. The number of carboxylic acid groups (broad SMARTS) is 3. The van der Waals surface area contributed by atoms with Gasteiger partial charge in [0.25, 0.3) is 23.7 Å². The number of carbonyl (C=O) groups excluding carboxylic acids is 10. The maximum absolute atomic E-state index is 14.6. The monoisotopic (exact) mass is 1800 g/mol. The van der Waals surface area contributed by atoms with Gasteiger partial charge >= 0.3 is 17.9 Å². The molecule has 5 atom stereocenters. The van der Waals surface area contributed by atoms with Crippen molar-refractivity contribution in [1.82, 2.24) is 90.9 Å². The molecule has 44 heteroatoms. The number of likely N-dealkylation sites (N-methyl/N-ethyl adjacent to an activating group) is 2. The van der Waals surface area contributed by atoms with Gasteiger partial charge < -0.3 is 85.8 Å². The van der Waals surface area contributed by atoms with Crippen molar-refractivity contribution in [1.29, 1.82) is 10.5 Å². The molecule has 5 saturated heterocycles. The molecule has 4 aromatic rings. The highest BCUT2D eigenvalue weighted by molar-refractivity contribution is 6.08. The van der Waals surface area contributed by atoms with Crippen molar-refractivity contribution in [2.75, 3.05) is 217 Å². The van der Waals surface area contributed by atoms with E-state index in [-0.39, 0.29) is 210 Å². The van der Waals surface area contributed by atoms with Crippen LogP contribution in [0.2, 0.25) is 0 Å². The fraction of sp³-hybridized carbons (Fsp3) is 0.607. The summed E-state index contributed by atoms with van der Waals surface area (Å²) in [5.41, 5.74) is 1.22. The van der Waals surface area contributed by atoms with E-state index in [2.05, 4.69) is 41.9 Å². The molecule has 0 unspecified atom stereocenters. The summed E-state index contributed by atoms with van der Waals surface area (Å²) < 4.78 is 79.3. The number of rotatable bonds is 46. The number of carboxylic acids is 3. The molecule has 0 aliphatic carbocycles. The molecular formula is C84H114F4N20O20. The summed E-state index contributed by atoms with van der Waals surface area (Å²) in [5.74, 6) is -13.9. The van der Waals surface area contributed by atoms with Crippen molar-refractivity contribution in [2.24, 2.45) is 0 Å². The molecule has 9 N–H and O–H groups in total. The second kappa shape index (κ2) is 49.6. The molecule has 5 aliphatic rings. The van der Waals surface area contributed by atoms with Gasteiger partial charge in [0.15, 0.2) is 0 Å². The first-order valence-electron chi connectivity index (χ1n) is 42.7. The number of pyridine rings is 2. The molecule has 7 heterocycles. The van der Waals surface area contributed by atoms with Crippen LogP contribution in [0, 0.1) is 22.7 Å². The Morgan fingerprint density at radius 1 is 0.492 bits per heavy atom. The fourth-order valence-corrected chi connectivity index (χ4v) is 15.6. The minimum atomic E-state index is -3.22. The summed E-state index contributed by atoms with van der Waals surface area (Å²) in [6.45, 7) is 0.445. The van der Waals surface area contributed by atoms with Crippen LogP contribution in [0.25, 0.3) is 21.8 Å². The number of nitrogens with zero attached hydrogens (tertiary/aromatic N) is 14. The summed E-state index contributed by atoms with van der Waals surface area (Å²) in [6.07, 6.45) is 4.12. The molecule has 0 bridgehead atoms. The largest absolute Gasteiger partial charge is 0.494 e. The molecule has 5 fully saturated rings. The first-order valence-corrected chi connectivity index (χ1v) is 42.7. The Bertz CT molecular complexity index is 4590. The average Bonchev–Trinajstić information content (AvgIpc) is 1.76. The third kappa shape index (κ3) is 32.3. The van der Waals surface area contributed by atoms with Crippen LogP contribution in [0.3, 0.4) is 0 Å². The lowest BCUT2D eigenvalue weighted by atomic mass is 10.1. The highest BCUT2D eigenvalue weighted by Crippen LogP contribution is 2.34. The minimum Gasteiger partial charge on any atom is -0.494 e. The molecule has 698 valence electrons. The molecule has 128 heavy (non-hydrogen) atoms. The first-order chi connectivity index (χ1) is 61.2. The summed E-state index contributed by atoms with van der Waals surface area (Å²) in [5, 5.41) is 64.5. The highest BCUT2D eigenvalue weighted by Gasteiger charge is 2.49. The maximum atomic E-state index is 14.6. The Morgan fingerprint density at radius 3 is 1.36 bits per heavy atom. The minimum absolute atomic E-state index is 0.00126. The van der Waals surface area contributed by atoms with Crippen molar-refractivity contribution in [3.8, 4) is 23.6 Å². The first kappa shape index (κ1) is 100. The fourth-order valence-electron chi connectivity index (χ4n) is 15.6. The van der Waals surface area contributed by atoms with Crippen molar-refractivity contribution in [3.63, 3.8) is 0 Å². The van der Waals surface area contributed by atoms with Gasteiger partial charge in [-0.15, -0.1) is 0 Å². The molecule has 0 radical (unpaired) electrons. The number of aromatic nitrogens is 2. The van der Waals surface area contributed by atoms with Gasteiger partial charge in [-0.3, -0.25) is 102 Å². The highest BCUT2D eigenvalue weighted by atomic mass is 19.3. The van der Waals surface area contributed by atoms with E-state index in [4.69, 9.17) is 18.9 Å². The lowest BCUT2D eigenvalue weighted by Gasteiger charge is -2.32. The van der Waals surface area contributed by atoms with Crippen LogP contribution >= 0.6 is 0 Å². The number of nitrogens with one attached hydrogen (secondary N) is 6. The van der Waals surface area contributed by atoms with E-state index < -0.39 is 122 Å². The molecule has 0 saturated carbocycles. The molecule has 10 amide bonds. The molecule has 0 spiro atoms. The zero-order chi connectivity index (χ0) is 92.5. The standard InChI is InChI=1S/C84H114F4N20O20/c1-99(49-71(110)93-18-3-5-33-127-61-7-9-67-65(39-61)63(13-20-91-67)80(122)96-45-75(114)107-55-83(85,86)41-59(107)43-89)57-15-23-105(47-57)74(113)12-11-69(98-70(109)17-35-125-37-38-126-36-22-95-73(112)51-101-25-27-102(52-77(116)117)29-31-104(54-79(120)121)32-30-103(28-26-101)53-78(118)119)82(124)106-24-16-58(48-106)100(2)50-72(111)94-19-4-6-34-128-62-8-10-68-66(40-62)64(14-21-92-68)81(123)97-46-76(115)108-56-84(87,88)42-60(108)44-90/h7-10,13-14,20-21,39-40,57-60,69H,3-6,11-12,15-19,22-38,41-42,45-56H2,1-2H3,(H,93,110)(H,94,111)(H,95,112)(H,96,122)(H,97,123)(H,98,109)(H,116,117)(H,118,119)(H,120,121)/t57-,58-,59-,60+,69+/m1/s1. The number of hydrogen-bond acceptors (Lipinski definition) is 27.